The fourth-order valence-electron chi connectivity index (χ4n) is 2.21. The van der Waals surface area contributed by atoms with Crippen LogP contribution in [0, 0.1) is 0 Å². The second kappa shape index (κ2) is 5.58. The number of hydrogen-bond donors (Lipinski definition) is 1. The predicted molar refractivity (Wildman–Crippen MR) is 76.4 cm³/mol. The Bertz CT molecular complexity index is 606. The Morgan fingerprint density at radius 3 is 2.85 bits per heavy atom. The molecule has 20 heavy (non-hydrogen) atoms. The molecular weight excluding hydrogens is 276 g/mol. The molecule has 1 atom stereocenters. The number of para-hydroxylation sites is 1. The third kappa shape index (κ3) is 2.51. The van der Waals surface area contributed by atoms with Crippen LogP contribution in [0.5, 0.6) is 11.5 Å². The molecule has 2 heterocycles. The van der Waals surface area contributed by atoms with Crippen LogP contribution in [0.2, 0.25) is 0 Å². The minimum atomic E-state index is -1.01. The van der Waals surface area contributed by atoms with Gasteiger partial charge in [0.2, 0.25) is 0 Å². The number of carboxylic acid groups (broad SMARTS) is 1. The van der Waals surface area contributed by atoms with Gasteiger partial charge in [-0.2, -0.15) is 5.10 Å². The van der Waals surface area contributed by atoms with Crippen molar-refractivity contribution >= 4 is 17.7 Å². The van der Waals surface area contributed by atoms with E-state index in [4.69, 9.17) is 4.74 Å². The van der Waals surface area contributed by atoms with E-state index in [0.717, 1.165) is 18.6 Å². The lowest BCUT2D eigenvalue weighted by atomic mass is 10.3. The maximum atomic E-state index is 11.5. The highest BCUT2D eigenvalue weighted by molar-refractivity contribution is 7.99. The molecule has 2 aromatic rings. The van der Waals surface area contributed by atoms with E-state index < -0.39 is 5.97 Å². The number of thioether (sulfide) groups is 1. The molecule has 104 valence electrons. The summed E-state index contributed by atoms with van der Waals surface area (Å²) in [4.78, 5) is 11.5. The van der Waals surface area contributed by atoms with Crippen LogP contribution >= 0.6 is 11.8 Å². The van der Waals surface area contributed by atoms with Gasteiger partial charge in [-0.15, -0.1) is 11.8 Å². The zero-order valence-corrected chi connectivity index (χ0v) is 11.5. The van der Waals surface area contributed by atoms with Crippen molar-refractivity contribution in [2.24, 2.45) is 0 Å². The molecule has 5 nitrogen and oxygen atoms in total. The molecule has 1 fully saturated rings. The maximum Gasteiger partial charge on any atom is 0.358 e. The van der Waals surface area contributed by atoms with E-state index in [1.165, 1.54) is 6.20 Å². The molecule has 1 unspecified atom stereocenters. The van der Waals surface area contributed by atoms with Crippen LogP contribution in [-0.2, 0) is 0 Å². The molecule has 1 aliphatic heterocycles. The number of ether oxygens (including phenoxy) is 1. The van der Waals surface area contributed by atoms with Gasteiger partial charge in [0.25, 0.3) is 0 Å². The summed E-state index contributed by atoms with van der Waals surface area (Å²) in [5.41, 5.74) is 0.119. The van der Waals surface area contributed by atoms with Crippen LogP contribution < -0.4 is 4.74 Å². The highest BCUT2D eigenvalue weighted by Gasteiger charge is 2.27. The van der Waals surface area contributed by atoms with E-state index in [-0.39, 0.29) is 16.8 Å². The van der Waals surface area contributed by atoms with E-state index in [9.17, 15) is 9.90 Å². The van der Waals surface area contributed by atoms with Crippen LogP contribution in [0.1, 0.15) is 28.7 Å². The third-order valence-corrected chi connectivity index (χ3v) is 4.46. The van der Waals surface area contributed by atoms with Gasteiger partial charge in [-0.25, -0.2) is 9.48 Å². The number of hydrogen-bond acceptors (Lipinski definition) is 4. The second-order valence-corrected chi connectivity index (χ2v) is 5.78. The smallest absolute Gasteiger partial charge is 0.358 e. The Morgan fingerprint density at radius 1 is 1.40 bits per heavy atom. The predicted octanol–water partition coefficient (Wildman–Crippen LogP) is 3.40. The Morgan fingerprint density at radius 2 is 2.20 bits per heavy atom. The highest BCUT2D eigenvalue weighted by Crippen LogP contribution is 2.38. The van der Waals surface area contributed by atoms with Gasteiger partial charge in [0.05, 0.1) is 11.6 Å². The normalized spacial score (nSPS) is 18.1. The van der Waals surface area contributed by atoms with Crippen LogP contribution in [0.25, 0.3) is 0 Å². The largest absolute Gasteiger partial charge is 0.476 e. The van der Waals surface area contributed by atoms with E-state index >= 15 is 0 Å². The molecule has 1 aliphatic rings. The van der Waals surface area contributed by atoms with Crippen molar-refractivity contribution in [1.82, 2.24) is 9.78 Å². The van der Waals surface area contributed by atoms with Crippen LogP contribution in [-0.4, -0.2) is 26.6 Å². The second-order valence-electron chi connectivity index (χ2n) is 4.49. The van der Waals surface area contributed by atoms with Gasteiger partial charge in [-0.3, -0.25) is 0 Å². The lowest BCUT2D eigenvalue weighted by Gasteiger charge is -2.12. The van der Waals surface area contributed by atoms with E-state index in [1.807, 2.05) is 18.2 Å². The average molecular weight is 290 g/mol. The van der Waals surface area contributed by atoms with Crippen molar-refractivity contribution in [1.29, 1.82) is 0 Å². The summed E-state index contributed by atoms with van der Waals surface area (Å²) in [6, 6.07) is 9.13. The first-order chi connectivity index (χ1) is 9.75. The summed E-state index contributed by atoms with van der Waals surface area (Å²) in [5, 5.41) is 13.7. The highest BCUT2D eigenvalue weighted by atomic mass is 32.2. The van der Waals surface area contributed by atoms with Gasteiger partial charge in [0, 0.05) is 0 Å². The molecule has 1 saturated heterocycles. The molecule has 3 rings (SSSR count). The van der Waals surface area contributed by atoms with Crippen molar-refractivity contribution < 1.29 is 14.6 Å². The molecule has 0 saturated carbocycles. The van der Waals surface area contributed by atoms with Crippen molar-refractivity contribution in [2.75, 3.05) is 5.75 Å². The van der Waals surface area contributed by atoms with Crippen molar-refractivity contribution in [3.8, 4) is 11.5 Å². The van der Waals surface area contributed by atoms with Crippen LogP contribution in [0.4, 0.5) is 0 Å². The minimum absolute atomic E-state index is 0.0919. The standard InChI is InChI=1S/C14H14N2O3S/c17-14(18)13-11(19-10-5-2-1-3-6-10)9-15-16(13)12-7-4-8-20-12/h1-3,5-6,9,12H,4,7-8H2,(H,17,18). The maximum absolute atomic E-state index is 11.5. The molecule has 0 spiro atoms. The Labute approximate surface area is 120 Å². The van der Waals surface area contributed by atoms with Crippen LogP contribution in [0.3, 0.4) is 0 Å². The van der Waals surface area contributed by atoms with Crippen molar-refractivity contribution in [2.45, 2.75) is 18.2 Å². The molecule has 6 heteroatoms. The molecule has 0 aliphatic carbocycles. The summed E-state index contributed by atoms with van der Waals surface area (Å²) in [6.45, 7) is 0. The van der Waals surface area contributed by atoms with Crippen molar-refractivity contribution in [3.63, 3.8) is 0 Å². The third-order valence-electron chi connectivity index (χ3n) is 3.11. The first-order valence-electron chi connectivity index (χ1n) is 6.41. The topological polar surface area (TPSA) is 64.3 Å². The molecule has 0 radical (unpaired) electrons. The number of aromatic nitrogens is 2. The van der Waals surface area contributed by atoms with Gasteiger partial charge in [-0.1, -0.05) is 18.2 Å². The molecule has 1 aromatic carbocycles. The van der Waals surface area contributed by atoms with Gasteiger partial charge < -0.3 is 9.84 Å². The minimum Gasteiger partial charge on any atom is -0.476 e. The molecular formula is C14H14N2O3S. The summed E-state index contributed by atoms with van der Waals surface area (Å²) >= 11 is 1.73. The van der Waals surface area contributed by atoms with Gasteiger partial charge in [0.15, 0.2) is 11.4 Å². The molecule has 1 N–H and O–H groups in total. The van der Waals surface area contributed by atoms with E-state index in [1.54, 1.807) is 28.6 Å². The Kier molecular flexibility index (Phi) is 3.64. The number of carbonyl (C=O) groups is 1. The lowest BCUT2D eigenvalue weighted by molar-refractivity contribution is 0.0680. The first-order valence-corrected chi connectivity index (χ1v) is 7.46. The monoisotopic (exact) mass is 290 g/mol. The number of carboxylic acids is 1. The average Bonchev–Trinajstić information content (AvgIpc) is 3.08. The SMILES string of the molecule is O=C(O)c1c(Oc2ccccc2)cnn1C1CCCS1. The van der Waals surface area contributed by atoms with Crippen LogP contribution in [0.15, 0.2) is 36.5 Å². The number of aromatic carboxylic acids is 1. The molecule has 0 bridgehead atoms. The zero-order valence-electron chi connectivity index (χ0n) is 10.7. The fraction of sp³-hybridized carbons (Fsp3) is 0.286. The van der Waals surface area contributed by atoms with E-state index in [0.29, 0.717) is 5.75 Å². The Hall–Kier alpha value is -1.95. The van der Waals surface area contributed by atoms with Gasteiger partial charge in [-0.05, 0) is 30.7 Å². The number of rotatable bonds is 4. The molecule has 0 amide bonds. The molecule has 1 aromatic heterocycles. The summed E-state index contributed by atoms with van der Waals surface area (Å²) in [7, 11) is 0. The summed E-state index contributed by atoms with van der Waals surface area (Å²) in [5.74, 6) is 0.920. The number of benzene rings is 1. The van der Waals surface area contributed by atoms with E-state index in [2.05, 4.69) is 5.10 Å². The summed E-state index contributed by atoms with van der Waals surface area (Å²) < 4.78 is 7.21. The van der Waals surface area contributed by atoms with Gasteiger partial charge >= 0.3 is 5.97 Å². The number of nitrogens with zero attached hydrogens (tertiary/aromatic N) is 2. The zero-order chi connectivity index (χ0) is 13.9. The first kappa shape index (κ1) is 13.1. The fourth-order valence-corrected chi connectivity index (χ4v) is 3.45. The van der Waals surface area contributed by atoms with Crippen molar-refractivity contribution in [3.05, 3.63) is 42.2 Å². The lowest BCUT2D eigenvalue weighted by Crippen LogP contribution is -2.13. The van der Waals surface area contributed by atoms with Gasteiger partial charge in [0.1, 0.15) is 5.75 Å². The summed E-state index contributed by atoms with van der Waals surface area (Å²) in [6.07, 6.45) is 3.51. The Balaban J connectivity index is 1.93. The quantitative estimate of drug-likeness (QED) is 0.935.